The molecule has 4 nitrogen and oxygen atoms in total. The van der Waals surface area contributed by atoms with E-state index in [4.69, 9.17) is 14.5 Å². The fraction of sp³-hybridized carbons (Fsp3) is 0.607. The number of pyridine rings is 1. The van der Waals surface area contributed by atoms with Gasteiger partial charge in [0.1, 0.15) is 0 Å². The highest BCUT2D eigenvalue weighted by Crippen LogP contribution is 2.49. The molecule has 1 aliphatic heterocycles. The lowest BCUT2D eigenvalue weighted by Crippen LogP contribution is -2.47. The van der Waals surface area contributed by atoms with Crippen molar-refractivity contribution in [2.75, 3.05) is 26.9 Å². The molecule has 1 aromatic heterocycles. The second-order valence-corrected chi connectivity index (χ2v) is 10.3. The number of rotatable bonds is 7. The van der Waals surface area contributed by atoms with Gasteiger partial charge in [-0.3, -0.25) is 4.98 Å². The summed E-state index contributed by atoms with van der Waals surface area (Å²) in [6, 6.07) is 15.8. The first-order chi connectivity index (χ1) is 15.7. The highest BCUT2D eigenvalue weighted by molar-refractivity contribution is 5.35. The van der Waals surface area contributed by atoms with Gasteiger partial charge in [-0.1, -0.05) is 43.2 Å². The second kappa shape index (κ2) is 9.62. The molecule has 1 saturated heterocycles. The molecule has 2 aromatic rings. The van der Waals surface area contributed by atoms with E-state index in [1.807, 2.05) is 19.4 Å². The number of nitrogens with one attached hydrogen (secondary N) is 1. The Hall–Kier alpha value is -1.75. The number of ether oxygens (including phenoxy) is 2. The van der Waals surface area contributed by atoms with E-state index in [1.165, 1.54) is 55.3 Å². The van der Waals surface area contributed by atoms with E-state index in [2.05, 4.69) is 41.7 Å². The van der Waals surface area contributed by atoms with Crippen molar-refractivity contribution >= 4 is 0 Å². The SMILES string of the molecule is COC[C@@H]1CC[C@H](NCCC2(c3ccccn3)CCOC3(CCCC3)C2)c2ccccc21. The molecule has 2 aliphatic carbocycles. The van der Waals surface area contributed by atoms with Gasteiger partial charge >= 0.3 is 0 Å². The summed E-state index contributed by atoms with van der Waals surface area (Å²) in [7, 11) is 1.81. The van der Waals surface area contributed by atoms with Crippen LogP contribution in [0.5, 0.6) is 0 Å². The Balaban J connectivity index is 1.32. The summed E-state index contributed by atoms with van der Waals surface area (Å²) in [6.07, 6.45) is 12.7. The van der Waals surface area contributed by atoms with Crippen molar-refractivity contribution in [2.24, 2.45) is 0 Å². The minimum absolute atomic E-state index is 0.0839. The molecule has 0 amide bonds. The largest absolute Gasteiger partial charge is 0.384 e. The smallest absolute Gasteiger partial charge is 0.0691 e. The van der Waals surface area contributed by atoms with Crippen molar-refractivity contribution in [3.05, 3.63) is 65.5 Å². The third kappa shape index (κ3) is 4.37. The van der Waals surface area contributed by atoms with Crippen molar-refractivity contribution in [1.82, 2.24) is 10.3 Å². The Bertz CT molecular complexity index is 880. The summed E-state index contributed by atoms with van der Waals surface area (Å²) in [5, 5.41) is 3.95. The average molecular weight is 435 g/mol. The fourth-order valence-electron chi connectivity index (χ4n) is 6.75. The van der Waals surface area contributed by atoms with Gasteiger partial charge in [-0.25, -0.2) is 0 Å². The number of hydrogen-bond donors (Lipinski definition) is 1. The molecule has 1 spiro atoms. The number of methoxy groups -OCH3 is 1. The Kier molecular flexibility index (Phi) is 6.64. The summed E-state index contributed by atoms with van der Waals surface area (Å²) in [6.45, 7) is 2.69. The van der Waals surface area contributed by atoms with Gasteiger partial charge < -0.3 is 14.8 Å². The number of benzene rings is 1. The van der Waals surface area contributed by atoms with E-state index in [0.29, 0.717) is 12.0 Å². The molecule has 5 rings (SSSR count). The van der Waals surface area contributed by atoms with Crippen LogP contribution in [0.4, 0.5) is 0 Å². The molecule has 4 heteroatoms. The molecule has 0 radical (unpaired) electrons. The Labute approximate surface area is 193 Å². The second-order valence-electron chi connectivity index (χ2n) is 10.3. The lowest BCUT2D eigenvalue weighted by molar-refractivity contribution is -0.104. The van der Waals surface area contributed by atoms with Crippen molar-refractivity contribution in [1.29, 1.82) is 0 Å². The van der Waals surface area contributed by atoms with Crippen LogP contribution in [-0.4, -0.2) is 37.5 Å². The zero-order valence-corrected chi connectivity index (χ0v) is 19.5. The zero-order valence-electron chi connectivity index (χ0n) is 19.5. The molecule has 172 valence electrons. The van der Waals surface area contributed by atoms with Gasteiger partial charge in [0.2, 0.25) is 0 Å². The molecule has 2 heterocycles. The summed E-state index contributed by atoms with van der Waals surface area (Å²) >= 11 is 0. The molecule has 1 unspecified atom stereocenters. The van der Waals surface area contributed by atoms with Crippen LogP contribution in [0.3, 0.4) is 0 Å². The van der Waals surface area contributed by atoms with Crippen LogP contribution in [0.15, 0.2) is 48.7 Å². The maximum absolute atomic E-state index is 6.42. The predicted molar refractivity (Wildman–Crippen MR) is 128 cm³/mol. The Morgan fingerprint density at radius 2 is 1.84 bits per heavy atom. The molecule has 3 aliphatic rings. The number of fused-ring (bicyclic) bond motifs is 1. The quantitative estimate of drug-likeness (QED) is 0.608. The van der Waals surface area contributed by atoms with Crippen LogP contribution in [0.25, 0.3) is 0 Å². The van der Waals surface area contributed by atoms with Gasteiger partial charge in [0, 0.05) is 43.0 Å². The summed E-state index contributed by atoms with van der Waals surface area (Å²) in [5.41, 5.74) is 4.39. The van der Waals surface area contributed by atoms with Crippen LogP contribution in [-0.2, 0) is 14.9 Å². The van der Waals surface area contributed by atoms with E-state index in [-0.39, 0.29) is 11.0 Å². The molecule has 0 bridgehead atoms. The van der Waals surface area contributed by atoms with E-state index in [9.17, 15) is 0 Å². The predicted octanol–water partition coefficient (Wildman–Crippen LogP) is 5.69. The highest BCUT2D eigenvalue weighted by atomic mass is 16.5. The first-order valence-corrected chi connectivity index (χ1v) is 12.6. The van der Waals surface area contributed by atoms with Crippen LogP contribution in [0.2, 0.25) is 0 Å². The van der Waals surface area contributed by atoms with Crippen molar-refractivity contribution in [3.8, 4) is 0 Å². The number of nitrogens with zero attached hydrogens (tertiary/aromatic N) is 1. The number of aromatic nitrogens is 1. The van der Waals surface area contributed by atoms with Gasteiger partial charge in [-0.05, 0) is 74.8 Å². The topological polar surface area (TPSA) is 43.4 Å². The Morgan fingerprint density at radius 1 is 1.03 bits per heavy atom. The molecular formula is C28H38N2O2. The highest BCUT2D eigenvalue weighted by Gasteiger charge is 2.48. The van der Waals surface area contributed by atoms with E-state index in [1.54, 1.807) is 0 Å². The fourth-order valence-corrected chi connectivity index (χ4v) is 6.75. The lowest BCUT2D eigenvalue weighted by Gasteiger charge is -2.46. The summed E-state index contributed by atoms with van der Waals surface area (Å²) in [4.78, 5) is 4.86. The minimum atomic E-state index is 0.0839. The normalized spacial score (nSPS) is 29.2. The summed E-state index contributed by atoms with van der Waals surface area (Å²) < 4.78 is 11.9. The van der Waals surface area contributed by atoms with Crippen LogP contribution in [0.1, 0.15) is 86.6 Å². The molecule has 32 heavy (non-hydrogen) atoms. The first-order valence-electron chi connectivity index (χ1n) is 12.6. The van der Waals surface area contributed by atoms with Gasteiger partial charge in [0.05, 0.1) is 12.2 Å². The van der Waals surface area contributed by atoms with E-state index >= 15 is 0 Å². The molecule has 2 fully saturated rings. The third-order valence-corrected chi connectivity index (χ3v) is 8.35. The molecular weight excluding hydrogens is 396 g/mol. The monoisotopic (exact) mass is 434 g/mol. The zero-order chi connectivity index (χ0) is 21.9. The molecule has 3 atom stereocenters. The first kappa shape index (κ1) is 22.1. The standard InChI is InChI=1S/C28H38N2O2/c1-31-20-22-11-12-25(24-9-3-2-8-23(22)24)29-18-15-27(26-10-4-7-17-30-26)16-19-32-28(21-27)13-5-6-14-28/h2-4,7-10,17,22,25,29H,5-6,11-16,18-21H2,1H3/t22-,25-,27?/m0/s1. The van der Waals surface area contributed by atoms with Crippen LogP contribution < -0.4 is 5.32 Å². The van der Waals surface area contributed by atoms with Crippen LogP contribution in [0, 0.1) is 0 Å². The third-order valence-electron chi connectivity index (χ3n) is 8.35. The maximum atomic E-state index is 6.42. The van der Waals surface area contributed by atoms with Gasteiger partial charge in [0.15, 0.2) is 0 Å². The summed E-state index contributed by atoms with van der Waals surface area (Å²) in [5.74, 6) is 0.520. The number of hydrogen-bond acceptors (Lipinski definition) is 4. The van der Waals surface area contributed by atoms with Crippen molar-refractivity contribution in [3.63, 3.8) is 0 Å². The minimum Gasteiger partial charge on any atom is -0.384 e. The maximum Gasteiger partial charge on any atom is 0.0691 e. The van der Waals surface area contributed by atoms with Gasteiger partial charge in [-0.15, -0.1) is 0 Å². The van der Waals surface area contributed by atoms with Crippen LogP contribution >= 0.6 is 0 Å². The molecule has 1 N–H and O–H groups in total. The molecule has 1 aromatic carbocycles. The average Bonchev–Trinajstić information content (AvgIpc) is 3.28. The Morgan fingerprint density at radius 3 is 2.62 bits per heavy atom. The van der Waals surface area contributed by atoms with Gasteiger partial charge in [-0.2, -0.15) is 0 Å². The van der Waals surface area contributed by atoms with Crippen molar-refractivity contribution < 1.29 is 9.47 Å². The molecule has 1 saturated carbocycles. The van der Waals surface area contributed by atoms with Gasteiger partial charge in [0.25, 0.3) is 0 Å². The van der Waals surface area contributed by atoms with E-state index in [0.717, 1.165) is 39.0 Å². The van der Waals surface area contributed by atoms with Crippen molar-refractivity contribution in [2.45, 2.75) is 80.8 Å². The lowest BCUT2D eigenvalue weighted by atomic mass is 9.68. The van der Waals surface area contributed by atoms with E-state index < -0.39 is 0 Å².